The number of likely N-dealkylation sites (tertiary alicyclic amines) is 1. The third-order valence-corrected chi connectivity index (χ3v) is 3.63. The summed E-state index contributed by atoms with van der Waals surface area (Å²) in [5.74, 6) is 0.996. The van der Waals surface area contributed by atoms with Crippen LogP contribution in [0.2, 0.25) is 0 Å². The Labute approximate surface area is 109 Å². The monoisotopic (exact) mass is 252 g/mol. The first-order valence-electron chi connectivity index (χ1n) is 6.93. The Morgan fingerprint density at radius 3 is 2.94 bits per heavy atom. The summed E-state index contributed by atoms with van der Waals surface area (Å²) in [4.78, 5) is 2.44. The van der Waals surface area contributed by atoms with Gasteiger partial charge in [-0.2, -0.15) is 0 Å². The van der Waals surface area contributed by atoms with Crippen molar-refractivity contribution in [3.05, 3.63) is 24.2 Å². The molecule has 18 heavy (non-hydrogen) atoms. The van der Waals surface area contributed by atoms with E-state index < -0.39 is 0 Å². The van der Waals surface area contributed by atoms with Gasteiger partial charge in [-0.1, -0.05) is 0 Å². The van der Waals surface area contributed by atoms with Crippen LogP contribution in [0.4, 0.5) is 0 Å². The van der Waals surface area contributed by atoms with Crippen LogP contribution < -0.4 is 5.32 Å². The van der Waals surface area contributed by atoms with Gasteiger partial charge in [-0.3, -0.25) is 0 Å². The standard InChI is InChI=1S/C14H24N2O2/c1-12(14-4-2-11-18-14)15-7-3-8-16-9-5-13(17)6-10-16/h2,4,11-13,15,17H,3,5-10H2,1H3. The van der Waals surface area contributed by atoms with E-state index in [1.807, 2.05) is 12.1 Å². The molecule has 1 fully saturated rings. The average Bonchev–Trinajstić information content (AvgIpc) is 2.90. The molecule has 0 bridgehead atoms. The van der Waals surface area contributed by atoms with Crippen LogP contribution in [-0.2, 0) is 0 Å². The Balaban J connectivity index is 1.56. The van der Waals surface area contributed by atoms with E-state index in [0.717, 1.165) is 51.2 Å². The van der Waals surface area contributed by atoms with E-state index in [9.17, 15) is 5.11 Å². The molecular formula is C14H24N2O2. The van der Waals surface area contributed by atoms with Crippen molar-refractivity contribution in [1.29, 1.82) is 0 Å². The van der Waals surface area contributed by atoms with Crippen molar-refractivity contribution >= 4 is 0 Å². The lowest BCUT2D eigenvalue weighted by molar-refractivity contribution is 0.0820. The second-order valence-electron chi connectivity index (χ2n) is 5.12. The van der Waals surface area contributed by atoms with Gasteiger partial charge in [0.1, 0.15) is 5.76 Å². The largest absolute Gasteiger partial charge is 0.468 e. The summed E-state index contributed by atoms with van der Waals surface area (Å²) >= 11 is 0. The van der Waals surface area contributed by atoms with E-state index in [4.69, 9.17) is 4.42 Å². The minimum atomic E-state index is -0.0710. The molecule has 0 aliphatic carbocycles. The maximum absolute atomic E-state index is 9.43. The van der Waals surface area contributed by atoms with Gasteiger partial charge in [0, 0.05) is 13.1 Å². The fraction of sp³-hybridized carbons (Fsp3) is 0.714. The zero-order chi connectivity index (χ0) is 12.8. The van der Waals surface area contributed by atoms with Gasteiger partial charge in [0.25, 0.3) is 0 Å². The van der Waals surface area contributed by atoms with Crippen LogP contribution >= 0.6 is 0 Å². The van der Waals surface area contributed by atoms with Crippen molar-refractivity contribution in [3.8, 4) is 0 Å². The molecule has 4 nitrogen and oxygen atoms in total. The topological polar surface area (TPSA) is 48.6 Å². The highest BCUT2D eigenvalue weighted by Crippen LogP contribution is 2.12. The predicted molar refractivity (Wildman–Crippen MR) is 71.4 cm³/mol. The Morgan fingerprint density at radius 2 is 2.28 bits per heavy atom. The van der Waals surface area contributed by atoms with Crippen molar-refractivity contribution in [2.24, 2.45) is 0 Å². The van der Waals surface area contributed by atoms with Gasteiger partial charge in [-0.25, -0.2) is 0 Å². The molecule has 1 unspecified atom stereocenters. The van der Waals surface area contributed by atoms with E-state index in [1.165, 1.54) is 0 Å². The van der Waals surface area contributed by atoms with E-state index in [0.29, 0.717) is 0 Å². The zero-order valence-corrected chi connectivity index (χ0v) is 11.1. The second kappa shape index (κ2) is 6.92. The normalized spacial score (nSPS) is 20.1. The predicted octanol–water partition coefficient (Wildman–Crippen LogP) is 1.78. The minimum Gasteiger partial charge on any atom is -0.468 e. The molecule has 2 rings (SSSR count). The molecule has 1 aliphatic rings. The molecule has 1 atom stereocenters. The Morgan fingerprint density at radius 1 is 1.50 bits per heavy atom. The van der Waals surface area contributed by atoms with Crippen LogP contribution in [0.3, 0.4) is 0 Å². The third-order valence-electron chi connectivity index (χ3n) is 3.63. The maximum Gasteiger partial charge on any atom is 0.120 e. The van der Waals surface area contributed by atoms with Crippen LogP contribution in [0.5, 0.6) is 0 Å². The number of aliphatic hydroxyl groups is 1. The van der Waals surface area contributed by atoms with Crippen molar-refractivity contribution in [2.45, 2.75) is 38.3 Å². The molecule has 0 radical (unpaired) electrons. The Hall–Kier alpha value is -0.840. The number of piperidine rings is 1. The average molecular weight is 252 g/mol. The number of aliphatic hydroxyl groups excluding tert-OH is 1. The van der Waals surface area contributed by atoms with Gasteiger partial charge in [0.15, 0.2) is 0 Å². The fourth-order valence-corrected chi connectivity index (χ4v) is 2.40. The van der Waals surface area contributed by atoms with Gasteiger partial charge in [0.05, 0.1) is 18.4 Å². The molecule has 4 heteroatoms. The van der Waals surface area contributed by atoms with Gasteiger partial charge < -0.3 is 19.7 Å². The molecule has 0 amide bonds. The first-order chi connectivity index (χ1) is 8.75. The quantitative estimate of drug-likeness (QED) is 0.758. The van der Waals surface area contributed by atoms with Gasteiger partial charge in [0.2, 0.25) is 0 Å². The van der Waals surface area contributed by atoms with Crippen LogP contribution in [0.15, 0.2) is 22.8 Å². The number of hydrogen-bond donors (Lipinski definition) is 2. The molecule has 0 saturated carbocycles. The smallest absolute Gasteiger partial charge is 0.120 e. The van der Waals surface area contributed by atoms with Crippen LogP contribution in [-0.4, -0.2) is 42.3 Å². The molecule has 2 N–H and O–H groups in total. The van der Waals surface area contributed by atoms with E-state index >= 15 is 0 Å². The lowest BCUT2D eigenvalue weighted by Gasteiger charge is -2.29. The number of nitrogens with zero attached hydrogens (tertiary/aromatic N) is 1. The van der Waals surface area contributed by atoms with Crippen molar-refractivity contribution in [2.75, 3.05) is 26.2 Å². The summed E-state index contributed by atoms with van der Waals surface area (Å²) in [6, 6.07) is 4.21. The summed E-state index contributed by atoms with van der Waals surface area (Å²) < 4.78 is 5.35. The first kappa shape index (κ1) is 13.6. The molecule has 2 heterocycles. The fourth-order valence-electron chi connectivity index (χ4n) is 2.40. The number of furan rings is 1. The number of hydrogen-bond acceptors (Lipinski definition) is 4. The van der Waals surface area contributed by atoms with E-state index in [1.54, 1.807) is 6.26 Å². The Bertz CT molecular complexity index is 319. The highest BCUT2D eigenvalue weighted by molar-refractivity contribution is 5.02. The van der Waals surface area contributed by atoms with Crippen LogP contribution in [0, 0.1) is 0 Å². The highest BCUT2D eigenvalue weighted by atomic mass is 16.3. The number of nitrogens with one attached hydrogen (secondary N) is 1. The van der Waals surface area contributed by atoms with E-state index in [-0.39, 0.29) is 12.1 Å². The second-order valence-corrected chi connectivity index (χ2v) is 5.12. The molecule has 102 valence electrons. The van der Waals surface area contributed by atoms with Crippen molar-refractivity contribution in [1.82, 2.24) is 10.2 Å². The molecular weight excluding hydrogens is 228 g/mol. The summed E-state index contributed by atoms with van der Waals surface area (Å²) in [6.07, 6.45) is 4.64. The maximum atomic E-state index is 9.43. The number of rotatable bonds is 6. The van der Waals surface area contributed by atoms with Gasteiger partial charge in [-0.15, -0.1) is 0 Å². The SMILES string of the molecule is CC(NCCCN1CCC(O)CC1)c1ccco1. The van der Waals surface area contributed by atoms with Gasteiger partial charge >= 0.3 is 0 Å². The highest BCUT2D eigenvalue weighted by Gasteiger charge is 2.16. The molecule has 1 saturated heterocycles. The van der Waals surface area contributed by atoms with E-state index in [2.05, 4.69) is 17.1 Å². The van der Waals surface area contributed by atoms with Crippen molar-refractivity contribution < 1.29 is 9.52 Å². The zero-order valence-electron chi connectivity index (χ0n) is 11.1. The summed E-state index contributed by atoms with van der Waals surface area (Å²) in [7, 11) is 0. The first-order valence-corrected chi connectivity index (χ1v) is 6.93. The molecule has 0 aromatic carbocycles. The molecule has 1 aromatic heterocycles. The lowest BCUT2D eigenvalue weighted by Crippen LogP contribution is -2.37. The molecule has 1 aliphatic heterocycles. The van der Waals surface area contributed by atoms with Crippen LogP contribution in [0.25, 0.3) is 0 Å². The lowest BCUT2D eigenvalue weighted by atomic mass is 10.1. The molecule has 1 aromatic rings. The van der Waals surface area contributed by atoms with Gasteiger partial charge in [-0.05, 0) is 51.4 Å². The Kier molecular flexibility index (Phi) is 5.23. The third kappa shape index (κ3) is 4.12. The summed E-state index contributed by atoms with van der Waals surface area (Å²) in [6.45, 7) is 6.31. The minimum absolute atomic E-state index is 0.0710. The summed E-state index contributed by atoms with van der Waals surface area (Å²) in [5.41, 5.74) is 0. The molecule has 0 spiro atoms. The van der Waals surface area contributed by atoms with Crippen LogP contribution in [0.1, 0.15) is 38.0 Å². The summed E-state index contributed by atoms with van der Waals surface area (Å²) in [5, 5.41) is 12.9. The van der Waals surface area contributed by atoms with Crippen molar-refractivity contribution in [3.63, 3.8) is 0 Å².